The van der Waals surface area contributed by atoms with Crippen LogP contribution >= 0.6 is 0 Å². The third-order valence-corrected chi connectivity index (χ3v) is 3.93. The van der Waals surface area contributed by atoms with E-state index in [2.05, 4.69) is 15.5 Å². The summed E-state index contributed by atoms with van der Waals surface area (Å²) in [4.78, 5) is 10.6. The molecule has 0 radical (unpaired) electrons. The quantitative estimate of drug-likeness (QED) is 0.443. The molecule has 0 saturated heterocycles. The Hall–Kier alpha value is -2.78. The highest BCUT2D eigenvalue weighted by Crippen LogP contribution is 2.29. The Morgan fingerprint density at radius 2 is 1.75 bits per heavy atom. The standard InChI is InChI=1S/C15H16N4O4S/c1-9-7-12(17-10(2)20)4-6-13(9)18-19-14-5-3-11(16)8-15(14)24(21,22)23/h3-8H,16H2,1-2H3,(H,17,20)(H,21,22,23). The van der Waals surface area contributed by atoms with Crippen molar-refractivity contribution in [1.82, 2.24) is 0 Å². The average molecular weight is 348 g/mol. The van der Waals surface area contributed by atoms with Crippen molar-refractivity contribution in [2.75, 3.05) is 11.1 Å². The monoisotopic (exact) mass is 348 g/mol. The van der Waals surface area contributed by atoms with Crippen molar-refractivity contribution in [3.8, 4) is 0 Å². The van der Waals surface area contributed by atoms with Gasteiger partial charge in [-0.05, 0) is 48.9 Å². The van der Waals surface area contributed by atoms with Gasteiger partial charge in [0.25, 0.3) is 10.1 Å². The van der Waals surface area contributed by atoms with Gasteiger partial charge in [0, 0.05) is 18.3 Å². The number of rotatable bonds is 4. The van der Waals surface area contributed by atoms with Crippen LogP contribution in [0.1, 0.15) is 12.5 Å². The fourth-order valence-corrected chi connectivity index (χ4v) is 2.63. The summed E-state index contributed by atoms with van der Waals surface area (Å²) in [5, 5.41) is 10.5. The molecule has 0 aromatic heterocycles. The van der Waals surface area contributed by atoms with Crippen LogP contribution in [0.3, 0.4) is 0 Å². The number of carbonyl (C=O) groups is 1. The molecule has 0 fully saturated rings. The Balaban J connectivity index is 2.37. The summed E-state index contributed by atoms with van der Waals surface area (Å²) in [6.45, 7) is 3.17. The fourth-order valence-electron chi connectivity index (χ4n) is 1.98. The Labute approximate surface area is 139 Å². The summed E-state index contributed by atoms with van der Waals surface area (Å²) in [5.41, 5.74) is 7.51. The Morgan fingerprint density at radius 1 is 1.12 bits per heavy atom. The number of azo groups is 1. The fraction of sp³-hybridized carbons (Fsp3) is 0.133. The molecule has 4 N–H and O–H groups in total. The summed E-state index contributed by atoms with van der Waals surface area (Å²) in [6.07, 6.45) is 0. The van der Waals surface area contributed by atoms with E-state index in [9.17, 15) is 17.8 Å². The first-order valence-electron chi connectivity index (χ1n) is 6.84. The van der Waals surface area contributed by atoms with E-state index in [4.69, 9.17) is 5.73 Å². The number of hydrogen-bond donors (Lipinski definition) is 3. The second-order valence-electron chi connectivity index (χ2n) is 5.08. The number of carbonyl (C=O) groups excluding carboxylic acids is 1. The van der Waals surface area contributed by atoms with Crippen LogP contribution in [0, 0.1) is 6.92 Å². The molecule has 2 aromatic carbocycles. The van der Waals surface area contributed by atoms with Crippen molar-refractivity contribution in [3.63, 3.8) is 0 Å². The molecule has 0 spiro atoms. The predicted octanol–water partition coefficient (Wildman–Crippen LogP) is 3.20. The van der Waals surface area contributed by atoms with Crippen molar-refractivity contribution in [2.24, 2.45) is 10.2 Å². The Bertz CT molecular complexity index is 923. The van der Waals surface area contributed by atoms with Gasteiger partial charge in [0.15, 0.2) is 0 Å². The van der Waals surface area contributed by atoms with E-state index in [1.54, 1.807) is 25.1 Å². The van der Waals surface area contributed by atoms with E-state index >= 15 is 0 Å². The molecule has 0 aliphatic heterocycles. The zero-order chi connectivity index (χ0) is 17.9. The maximum atomic E-state index is 11.4. The zero-order valence-electron chi connectivity index (χ0n) is 13.0. The molecule has 1 amide bonds. The van der Waals surface area contributed by atoms with Gasteiger partial charge in [0.1, 0.15) is 10.6 Å². The average Bonchev–Trinajstić information content (AvgIpc) is 2.46. The van der Waals surface area contributed by atoms with Gasteiger partial charge in [-0.1, -0.05) is 0 Å². The van der Waals surface area contributed by atoms with Crippen LogP contribution in [0.25, 0.3) is 0 Å². The molecular formula is C15H16N4O4S. The minimum Gasteiger partial charge on any atom is -0.399 e. The molecule has 8 nitrogen and oxygen atoms in total. The number of nitrogens with one attached hydrogen (secondary N) is 1. The number of anilines is 2. The van der Waals surface area contributed by atoms with Gasteiger partial charge in [-0.2, -0.15) is 13.5 Å². The van der Waals surface area contributed by atoms with E-state index in [1.165, 1.54) is 19.1 Å². The smallest absolute Gasteiger partial charge is 0.296 e. The van der Waals surface area contributed by atoms with Crippen LogP contribution in [0.2, 0.25) is 0 Å². The minimum atomic E-state index is -4.47. The molecule has 24 heavy (non-hydrogen) atoms. The Morgan fingerprint density at radius 3 is 2.33 bits per heavy atom. The third kappa shape index (κ3) is 4.37. The number of nitrogens with zero attached hydrogens (tertiary/aromatic N) is 2. The lowest BCUT2D eigenvalue weighted by atomic mass is 10.2. The van der Waals surface area contributed by atoms with Gasteiger partial charge < -0.3 is 11.1 Å². The molecule has 0 saturated carbocycles. The first-order chi connectivity index (χ1) is 11.2. The molecule has 2 aromatic rings. The minimum absolute atomic E-state index is 0.0305. The first-order valence-corrected chi connectivity index (χ1v) is 8.28. The lowest BCUT2D eigenvalue weighted by Crippen LogP contribution is -2.05. The lowest BCUT2D eigenvalue weighted by molar-refractivity contribution is -0.114. The molecule has 0 heterocycles. The molecule has 9 heteroatoms. The molecule has 0 bridgehead atoms. The summed E-state index contributed by atoms with van der Waals surface area (Å²) in [6, 6.07) is 8.90. The maximum absolute atomic E-state index is 11.4. The normalized spacial score (nSPS) is 11.6. The van der Waals surface area contributed by atoms with Crippen LogP contribution in [0.15, 0.2) is 51.5 Å². The number of nitrogen functional groups attached to an aromatic ring is 1. The Kier molecular flexibility index (Phi) is 4.96. The van der Waals surface area contributed by atoms with E-state index in [0.717, 1.165) is 11.6 Å². The molecule has 126 valence electrons. The summed E-state index contributed by atoms with van der Waals surface area (Å²) >= 11 is 0. The van der Waals surface area contributed by atoms with Gasteiger partial charge >= 0.3 is 0 Å². The second kappa shape index (κ2) is 6.77. The lowest BCUT2D eigenvalue weighted by Gasteiger charge is -2.06. The van der Waals surface area contributed by atoms with Crippen LogP contribution < -0.4 is 11.1 Å². The van der Waals surface area contributed by atoms with Gasteiger partial charge in [-0.25, -0.2) is 0 Å². The van der Waals surface area contributed by atoms with Crippen molar-refractivity contribution < 1.29 is 17.8 Å². The zero-order valence-corrected chi connectivity index (χ0v) is 13.8. The number of aryl methyl sites for hydroxylation is 1. The van der Waals surface area contributed by atoms with Crippen LogP contribution in [0.5, 0.6) is 0 Å². The topological polar surface area (TPSA) is 134 Å². The van der Waals surface area contributed by atoms with E-state index in [1.807, 2.05) is 0 Å². The van der Waals surface area contributed by atoms with Crippen molar-refractivity contribution in [2.45, 2.75) is 18.7 Å². The van der Waals surface area contributed by atoms with Crippen LogP contribution in [0.4, 0.5) is 22.7 Å². The highest BCUT2D eigenvalue weighted by atomic mass is 32.2. The van der Waals surface area contributed by atoms with Gasteiger partial charge in [0.2, 0.25) is 5.91 Å². The summed E-state index contributed by atoms with van der Waals surface area (Å²) in [5.74, 6) is -0.191. The van der Waals surface area contributed by atoms with Crippen LogP contribution in [-0.2, 0) is 14.9 Å². The summed E-state index contributed by atoms with van der Waals surface area (Å²) in [7, 11) is -4.47. The van der Waals surface area contributed by atoms with Crippen LogP contribution in [-0.4, -0.2) is 18.9 Å². The number of benzene rings is 2. The van der Waals surface area contributed by atoms with Gasteiger partial charge in [-0.3, -0.25) is 9.35 Å². The van der Waals surface area contributed by atoms with Crippen molar-refractivity contribution in [3.05, 3.63) is 42.0 Å². The SMILES string of the molecule is CC(=O)Nc1ccc(N=Nc2ccc(N)cc2S(=O)(=O)O)c(C)c1. The van der Waals surface area contributed by atoms with E-state index < -0.39 is 15.0 Å². The summed E-state index contributed by atoms with van der Waals surface area (Å²) < 4.78 is 32.0. The second-order valence-corrected chi connectivity index (χ2v) is 6.47. The number of amides is 1. The highest BCUT2D eigenvalue weighted by Gasteiger charge is 2.16. The largest absolute Gasteiger partial charge is 0.399 e. The predicted molar refractivity (Wildman–Crippen MR) is 90.3 cm³/mol. The molecule has 2 rings (SSSR count). The third-order valence-electron chi connectivity index (χ3n) is 3.04. The number of hydrogen-bond acceptors (Lipinski definition) is 6. The van der Waals surface area contributed by atoms with Crippen molar-refractivity contribution >= 4 is 38.8 Å². The molecule has 0 unspecified atom stereocenters. The molecule has 0 atom stereocenters. The van der Waals surface area contributed by atoms with E-state index in [0.29, 0.717) is 11.4 Å². The van der Waals surface area contributed by atoms with Gasteiger partial charge in [-0.15, -0.1) is 5.11 Å². The number of nitrogens with two attached hydrogens (primary N) is 1. The molecule has 0 aliphatic rings. The van der Waals surface area contributed by atoms with Crippen molar-refractivity contribution in [1.29, 1.82) is 0 Å². The molecular weight excluding hydrogens is 332 g/mol. The highest BCUT2D eigenvalue weighted by molar-refractivity contribution is 7.86. The maximum Gasteiger partial charge on any atom is 0.296 e. The van der Waals surface area contributed by atoms with Gasteiger partial charge in [0.05, 0.1) is 5.69 Å². The molecule has 0 aliphatic carbocycles. The van der Waals surface area contributed by atoms with E-state index in [-0.39, 0.29) is 17.3 Å². The first kappa shape index (κ1) is 17.6.